The number of hydrogen-bond acceptors (Lipinski definition) is 3. The van der Waals surface area contributed by atoms with Crippen LogP contribution in [-0.4, -0.2) is 32.1 Å². The van der Waals surface area contributed by atoms with Crippen molar-refractivity contribution in [2.24, 2.45) is 7.05 Å². The van der Waals surface area contributed by atoms with Crippen molar-refractivity contribution in [2.75, 3.05) is 0 Å². The Kier molecular flexibility index (Phi) is 3.88. The first-order valence-corrected chi connectivity index (χ1v) is 5.32. The molecule has 0 radical (unpaired) electrons. The van der Waals surface area contributed by atoms with E-state index in [-0.39, 0.29) is 12.3 Å². The zero-order chi connectivity index (χ0) is 13.1. The van der Waals surface area contributed by atoms with E-state index in [9.17, 15) is 9.59 Å². The molecule has 0 bridgehead atoms. The van der Waals surface area contributed by atoms with Gasteiger partial charge in [0.05, 0.1) is 6.33 Å². The van der Waals surface area contributed by atoms with Crippen molar-refractivity contribution in [2.45, 2.75) is 32.2 Å². The monoisotopic (exact) mass is 239 g/mol. The van der Waals surface area contributed by atoms with E-state index in [2.05, 4.69) is 10.3 Å². The molecule has 0 aromatic carbocycles. The van der Waals surface area contributed by atoms with Gasteiger partial charge in [-0.25, -0.2) is 4.98 Å². The minimum absolute atomic E-state index is 0.0233. The average Bonchev–Trinajstić information content (AvgIpc) is 2.61. The predicted molar refractivity (Wildman–Crippen MR) is 61.6 cm³/mol. The van der Waals surface area contributed by atoms with Gasteiger partial charge in [-0.15, -0.1) is 0 Å². The third-order valence-electron chi connectivity index (χ3n) is 2.35. The molecule has 6 heteroatoms. The van der Waals surface area contributed by atoms with Crippen LogP contribution in [0.2, 0.25) is 0 Å². The second kappa shape index (κ2) is 4.99. The maximum absolute atomic E-state index is 11.8. The fourth-order valence-electron chi connectivity index (χ4n) is 1.38. The molecule has 1 amide bonds. The third kappa shape index (κ3) is 4.26. The third-order valence-corrected chi connectivity index (χ3v) is 2.35. The highest BCUT2D eigenvalue weighted by Crippen LogP contribution is 2.12. The summed E-state index contributed by atoms with van der Waals surface area (Å²) < 4.78 is 1.68. The molecule has 1 aromatic rings. The maximum atomic E-state index is 11.8. The van der Waals surface area contributed by atoms with Crippen LogP contribution in [0.25, 0.3) is 0 Å². The molecule has 2 N–H and O–H groups in total. The summed E-state index contributed by atoms with van der Waals surface area (Å²) in [5.41, 5.74) is -0.233. The van der Waals surface area contributed by atoms with Crippen molar-refractivity contribution in [3.63, 3.8) is 0 Å². The molecule has 1 aromatic heterocycles. The van der Waals surface area contributed by atoms with Gasteiger partial charge < -0.3 is 15.0 Å². The average molecular weight is 239 g/mol. The van der Waals surface area contributed by atoms with Gasteiger partial charge in [0.1, 0.15) is 5.69 Å². The number of hydrogen-bond donors (Lipinski definition) is 2. The number of imidazole rings is 1. The van der Waals surface area contributed by atoms with E-state index in [0.717, 1.165) is 0 Å². The van der Waals surface area contributed by atoms with Gasteiger partial charge in [-0.3, -0.25) is 9.59 Å². The maximum Gasteiger partial charge on any atom is 0.303 e. The highest BCUT2D eigenvalue weighted by atomic mass is 16.4. The Morgan fingerprint density at radius 3 is 2.65 bits per heavy atom. The highest BCUT2D eigenvalue weighted by Gasteiger charge is 2.23. The van der Waals surface area contributed by atoms with Gasteiger partial charge in [-0.1, -0.05) is 0 Å². The quantitative estimate of drug-likeness (QED) is 0.795. The molecule has 94 valence electrons. The zero-order valence-corrected chi connectivity index (χ0v) is 10.2. The summed E-state index contributed by atoms with van der Waals surface area (Å²) in [7, 11) is 1.78. The van der Waals surface area contributed by atoms with Crippen LogP contribution >= 0.6 is 0 Å². The lowest BCUT2D eigenvalue weighted by molar-refractivity contribution is -0.137. The van der Waals surface area contributed by atoms with Crippen LogP contribution in [0.4, 0.5) is 0 Å². The summed E-state index contributed by atoms with van der Waals surface area (Å²) in [6.07, 6.45) is 3.55. The van der Waals surface area contributed by atoms with Gasteiger partial charge in [0.15, 0.2) is 0 Å². The van der Waals surface area contributed by atoms with E-state index in [1.165, 1.54) is 0 Å². The van der Waals surface area contributed by atoms with Crippen LogP contribution in [-0.2, 0) is 11.8 Å². The van der Waals surface area contributed by atoms with Gasteiger partial charge in [0.25, 0.3) is 5.91 Å². The molecule has 17 heavy (non-hydrogen) atoms. The number of aliphatic carboxylic acids is 1. The number of amides is 1. The largest absolute Gasteiger partial charge is 0.481 e. The van der Waals surface area contributed by atoms with E-state index in [0.29, 0.717) is 12.1 Å². The molecular weight excluding hydrogens is 222 g/mol. The smallest absolute Gasteiger partial charge is 0.303 e. The number of nitrogens with zero attached hydrogens (tertiary/aromatic N) is 2. The summed E-state index contributed by atoms with van der Waals surface area (Å²) in [6.45, 7) is 3.58. The molecule has 0 saturated carbocycles. The fourth-order valence-corrected chi connectivity index (χ4v) is 1.38. The van der Waals surface area contributed by atoms with Gasteiger partial charge >= 0.3 is 5.97 Å². The van der Waals surface area contributed by atoms with Crippen molar-refractivity contribution >= 4 is 11.9 Å². The van der Waals surface area contributed by atoms with E-state index in [1.54, 1.807) is 38.0 Å². The number of aryl methyl sites for hydroxylation is 1. The molecule has 0 saturated heterocycles. The van der Waals surface area contributed by atoms with Crippen LogP contribution in [0.15, 0.2) is 12.5 Å². The Morgan fingerprint density at radius 1 is 1.53 bits per heavy atom. The highest BCUT2D eigenvalue weighted by molar-refractivity contribution is 5.92. The number of rotatable bonds is 5. The molecule has 1 heterocycles. The topological polar surface area (TPSA) is 84.2 Å². The van der Waals surface area contributed by atoms with Crippen LogP contribution in [0.1, 0.15) is 37.2 Å². The molecule has 6 nitrogen and oxygen atoms in total. The van der Waals surface area contributed by atoms with Gasteiger partial charge in [-0.2, -0.15) is 0 Å². The van der Waals surface area contributed by atoms with Crippen molar-refractivity contribution in [3.05, 3.63) is 18.2 Å². The van der Waals surface area contributed by atoms with Crippen LogP contribution in [0.3, 0.4) is 0 Å². The molecule has 0 aliphatic carbocycles. The van der Waals surface area contributed by atoms with Gasteiger partial charge in [0.2, 0.25) is 0 Å². The summed E-state index contributed by atoms with van der Waals surface area (Å²) in [5, 5.41) is 11.4. The Hall–Kier alpha value is -1.85. The molecule has 1 rings (SSSR count). The Morgan fingerprint density at radius 2 is 2.18 bits per heavy atom. The lowest BCUT2D eigenvalue weighted by Gasteiger charge is -2.25. The summed E-state index contributed by atoms with van der Waals surface area (Å²) >= 11 is 0. The van der Waals surface area contributed by atoms with Crippen LogP contribution in [0.5, 0.6) is 0 Å². The first-order chi connectivity index (χ1) is 7.80. The van der Waals surface area contributed by atoms with Crippen LogP contribution < -0.4 is 5.32 Å². The number of carboxylic acids is 1. The Bertz CT molecular complexity index is 423. The van der Waals surface area contributed by atoms with Gasteiger partial charge in [-0.05, 0) is 20.3 Å². The first kappa shape index (κ1) is 13.2. The predicted octanol–water partition coefficient (Wildman–Crippen LogP) is 0.793. The standard InChI is InChI=1S/C11H17N3O3/c1-11(2,5-4-9(15)16)13-10(17)8-6-14(3)7-12-8/h6-7H,4-5H2,1-3H3,(H,13,17)(H,15,16). The second-order valence-corrected chi connectivity index (χ2v) is 4.66. The molecule has 0 aliphatic rings. The van der Waals surface area contributed by atoms with E-state index < -0.39 is 11.5 Å². The number of carboxylic acid groups (broad SMARTS) is 1. The molecule has 0 fully saturated rings. The Labute approximate surface area is 99.7 Å². The van der Waals surface area contributed by atoms with E-state index in [1.807, 2.05) is 0 Å². The van der Waals surface area contributed by atoms with Gasteiger partial charge in [0, 0.05) is 25.2 Å². The van der Waals surface area contributed by atoms with E-state index >= 15 is 0 Å². The lowest BCUT2D eigenvalue weighted by atomic mass is 9.98. The van der Waals surface area contributed by atoms with Crippen molar-refractivity contribution < 1.29 is 14.7 Å². The van der Waals surface area contributed by atoms with E-state index in [4.69, 9.17) is 5.11 Å². The molecule has 0 aliphatic heterocycles. The zero-order valence-electron chi connectivity index (χ0n) is 10.2. The minimum atomic E-state index is -0.870. The lowest BCUT2D eigenvalue weighted by Crippen LogP contribution is -2.43. The van der Waals surface area contributed by atoms with Crippen molar-refractivity contribution in [3.8, 4) is 0 Å². The second-order valence-electron chi connectivity index (χ2n) is 4.66. The van der Waals surface area contributed by atoms with Crippen LogP contribution in [0, 0.1) is 0 Å². The Balaban J connectivity index is 2.58. The SMILES string of the molecule is Cn1cnc(C(=O)NC(C)(C)CCC(=O)O)c1. The van der Waals surface area contributed by atoms with Crippen molar-refractivity contribution in [1.29, 1.82) is 0 Å². The molecule has 0 unspecified atom stereocenters. The summed E-state index contributed by atoms with van der Waals surface area (Å²) in [5.74, 6) is -1.16. The summed E-state index contributed by atoms with van der Waals surface area (Å²) in [6, 6.07) is 0. The normalized spacial score (nSPS) is 11.2. The minimum Gasteiger partial charge on any atom is -0.481 e. The number of carbonyl (C=O) groups is 2. The van der Waals surface area contributed by atoms with Crippen molar-refractivity contribution in [1.82, 2.24) is 14.9 Å². The molecular formula is C11H17N3O3. The first-order valence-electron chi connectivity index (χ1n) is 5.32. The molecule has 0 atom stereocenters. The number of carbonyl (C=O) groups excluding carboxylic acids is 1. The number of aromatic nitrogens is 2. The molecule has 0 spiro atoms. The summed E-state index contributed by atoms with van der Waals surface area (Å²) in [4.78, 5) is 26.2. The number of nitrogens with one attached hydrogen (secondary N) is 1. The fraction of sp³-hybridized carbons (Fsp3) is 0.545.